The minimum absolute atomic E-state index is 0.0690. The lowest BCUT2D eigenvalue weighted by Gasteiger charge is -2.29. The average molecular weight is 293 g/mol. The molecule has 1 rings (SSSR count). The summed E-state index contributed by atoms with van der Waals surface area (Å²) < 4.78 is 5.84. The van der Waals surface area contributed by atoms with Crippen molar-refractivity contribution >= 4 is 5.97 Å². The summed E-state index contributed by atoms with van der Waals surface area (Å²) in [5.41, 5.74) is 0.0220. The predicted octanol–water partition coefficient (Wildman–Crippen LogP) is 3.42. The van der Waals surface area contributed by atoms with E-state index in [0.717, 1.165) is 17.7 Å². The second kappa shape index (κ2) is 7.46. The number of ether oxygens (including phenoxy) is 1. The third-order valence-corrected chi connectivity index (χ3v) is 3.66. The van der Waals surface area contributed by atoms with Crippen LogP contribution in [0.25, 0.3) is 0 Å². The maximum Gasteiger partial charge on any atom is 0.327 e. The van der Waals surface area contributed by atoms with Gasteiger partial charge in [-0.15, -0.1) is 0 Å². The Morgan fingerprint density at radius 3 is 2.48 bits per heavy atom. The van der Waals surface area contributed by atoms with E-state index >= 15 is 0 Å². The number of para-hydroxylation sites is 1. The molecule has 0 heterocycles. The first kappa shape index (κ1) is 17.5. The van der Waals surface area contributed by atoms with Gasteiger partial charge in [-0.2, -0.15) is 0 Å². The van der Waals surface area contributed by atoms with E-state index in [2.05, 4.69) is 19.2 Å². The van der Waals surface area contributed by atoms with E-state index in [4.69, 9.17) is 4.74 Å². The fraction of sp³-hybridized carbons (Fsp3) is 0.588. The maximum atomic E-state index is 11.5. The largest absolute Gasteiger partial charge is 0.491 e. The molecule has 0 aromatic heterocycles. The Balaban J connectivity index is 2.88. The Hall–Kier alpha value is -1.55. The van der Waals surface area contributed by atoms with E-state index in [1.165, 1.54) is 0 Å². The van der Waals surface area contributed by atoms with Crippen molar-refractivity contribution in [2.24, 2.45) is 0 Å². The monoisotopic (exact) mass is 293 g/mol. The van der Waals surface area contributed by atoms with Crippen LogP contribution >= 0.6 is 0 Å². The standard InChI is InChI=1S/C17H27NO3/c1-6-13(4)14-9-7-8-10-15(14)21-11-17(5,16(19)20)18-12(2)3/h7-10,12-13,18H,6,11H2,1-5H3,(H,19,20). The van der Waals surface area contributed by atoms with E-state index in [0.29, 0.717) is 5.92 Å². The van der Waals surface area contributed by atoms with Gasteiger partial charge in [-0.05, 0) is 44.7 Å². The molecule has 118 valence electrons. The lowest BCUT2D eigenvalue weighted by atomic mass is 9.97. The molecule has 1 aromatic rings. The first-order valence-corrected chi connectivity index (χ1v) is 7.53. The van der Waals surface area contributed by atoms with Gasteiger partial charge in [0.2, 0.25) is 0 Å². The Kier molecular flexibility index (Phi) is 6.21. The van der Waals surface area contributed by atoms with Gasteiger partial charge >= 0.3 is 5.97 Å². The van der Waals surface area contributed by atoms with Crippen LogP contribution in [-0.4, -0.2) is 29.3 Å². The Morgan fingerprint density at radius 2 is 1.95 bits per heavy atom. The molecule has 0 amide bonds. The van der Waals surface area contributed by atoms with Crippen LogP contribution in [0.3, 0.4) is 0 Å². The summed E-state index contributed by atoms with van der Waals surface area (Å²) in [4.78, 5) is 11.5. The summed E-state index contributed by atoms with van der Waals surface area (Å²) in [6, 6.07) is 7.91. The van der Waals surface area contributed by atoms with Gasteiger partial charge in [0, 0.05) is 6.04 Å². The molecule has 0 aliphatic heterocycles. The van der Waals surface area contributed by atoms with Crippen LogP contribution < -0.4 is 10.1 Å². The maximum absolute atomic E-state index is 11.5. The molecule has 2 atom stereocenters. The second-order valence-electron chi connectivity index (χ2n) is 6.07. The van der Waals surface area contributed by atoms with Gasteiger partial charge in [0.25, 0.3) is 0 Å². The van der Waals surface area contributed by atoms with Crippen molar-refractivity contribution < 1.29 is 14.6 Å². The highest BCUT2D eigenvalue weighted by atomic mass is 16.5. The van der Waals surface area contributed by atoms with Crippen molar-refractivity contribution in [2.75, 3.05) is 6.61 Å². The van der Waals surface area contributed by atoms with E-state index in [1.54, 1.807) is 6.92 Å². The number of hydrogen-bond acceptors (Lipinski definition) is 3. The van der Waals surface area contributed by atoms with E-state index < -0.39 is 11.5 Å². The highest BCUT2D eigenvalue weighted by Crippen LogP contribution is 2.29. The number of rotatable bonds is 8. The molecule has 21 heavy (non-hydrogen) atoms. The van der Waals surface area contributed by atoms with Crippen LogP contribution in [-0.2, 0) is 4.79 Å². The Morgan fingerprint density at radius 1 is 1.33 bits per heavy atom. The average Bonchev–Trinajstić information content (AvgIpc) is 2.43. The number of aliphatic carboxylic acids is 1. The minimum atomic E-state index is -1.10. The van der Waals surface area contributed by atoms with Crippen LogP contribution in [0.4, 0.5) is 0 Å². The SMILES string of the molecule is CCC(C)c1ccccc1OCC(C)(NC(C)C)C(=O)O. The zero-order chi connectivity index (χ0) is 16.0. The van der Waals surface area contributed by atoms with Crippen molar-refractivity contribution in [2.45, 2.75) is 58.5 Å². The van der Waals surface area contributed by atoms with Gasteiger partial charge in [-0.1, -0.05) is 32.0 Å². The number of carboxylic acid groups (broad SMARTS) is 1. The fourth-order valence-corrected chi connectivity index (χ4v) is 2.26. The highest BCUT2D eigenvalue weighted by Gasteiger charge is 2.34. The quantitative estimate of drug-likeness (QED) is 0.771. The van der Waals surface area contributed by atoms with Crippen LogP contribution in [0, 0.1) is 0 Å². The Labute approximate surface area is 127 Å². The zero-order valence-corrected chi connectivity index (χ0v) is 13.6. The molecule has 0 aliphatic rings. The Bertz CT molecular complexity index is 473. The van der Waals surface area contributed by atoms with Gasteiger partial charge < -0.3 is 9.84 Å². The highest BCUT2D eigenvalue weighted by molar-refractivity contribution is 5.78. The first-order valence-electron chi connectivity index (χ1n) is 7.53. The molecule has 0 saturated heterocycles. The molecule has 0 fully saturated rings. The minimum Gasteiger partial charge on any atom is -0.491 e. The van der Waals surface area contributed by atoms with Gasteiger partial charge in [0.05, 0.1) is 0 Å². The molecule has 0 saturated carbocycles. The number of benzene rings is 1. The molecular formula is C17H27NO3. The van der Waals surface area contributed by atoms with Gasteiger partial charge in [0.15, 0.2) is 0 Å². The fourth-order valence-electron chi connectivity index (χ4n) is 2.26. The molecule has 4 nitrogen and oxygen atoms in total. The third-order valence-electron chi connectivity index (χ3n) is 3.66. The molecular weight excluding hydrogens is 266 g/mol. The molecule has 2 unspecified atom stereocenters. The second-order valence-corrected chi connectivity index (χ2v) is 6.07. The molecule has 0 spiro atoms. The number of carbonyl (C=O) groups is 1. The lowest BCUT2D eigenvalue weighted by Crippen LogP contribution is -2.56. The van der Waals surface area contributed by atoms with E-state index in [1.807, 2.05) is 38.1 Å². The number of carboxylic acids is 1. The molecule has 0 radical (unpaired) electrons. The summed E-state index contributed by atoms with van der Waals surface area (Å²) in [5, 5.41) is 12.5. The van der Waals surface area contributed by atoms with Crippen molar-refractivity contribution in [3.8, 4) is 5.75 Å². The predicted molar refractivity (Wildman–Crippen MR) is 85.0 cm³/mol. The number of nitrogens with one attached hydrogen (secondary N) is 1. The van der Waals surface area contributed by atoms with Gasteiger partial charge in [-0.3, -0.25) is 10.1 Å². The molecule has 0 aliphatic carbocycles. The lowest BCUT2D eigenvalue weighted by molar-refractivity contribution is -0.145. The van der Waals surface area contributed by atoms with E-state index in [9.17, 15) is 9.90 Å². The summed E-state index contributed by atoms with van der Waals surface area (Å²) >= 11 is 0. The van der Waals surface area contributed by atoms with Crippen LogP contribution in [0.5, 0.6) is 5.75 Å². The molecule has 0 bridgehead atoms. The first-order chi connectivity index (χ1) is 9.80. The van der Waals surface area contributed by atoms with Crippen molar-refractivity contribution in [1.29, 1.82) is 0 Å². The van der Waals surface area contributed by atoms with Crippen molar-refractivity contribution in [1.82, 2.24) is 5.32 Å². The smallest absolute Gasteiger partial charge is 0.327 e. The topological polar surface area (TPSA) is 58.6 Å². The summed E-state index contributed by atoms with van der Waals surface area (Å²) in [7, 11) is 0. The summed E-state index contributed by atoms with van der Waals surface area (Å²) in [5.74, 6) is 0.248. The third kappa shape index (κ3) is 4.74. The number of hydrogen-bond donors (Lipinski definition) is 2. The summed E-state index contributed by atoms with van der Waals surface area (Å²) in [6.45, 7) is 9.87. The van der Waals surface area contributed by atoms with Crippen LogP contribution in [0.2, 0.25) is 0 Å². The molecule has 1 aromatic carbocycles. The normalized spacial score (nSPS) is 15.5. The van der Waals surface area contributed by atoms with Gasteiger partial charge in [0.1, 0.15) is 17.9 Å². The van der Waals surface area contributed by atoms with Crippen LogP contribution in [0.1, 0.15) is 52.5 Å². The molecule has 4 heteroatoms. The van der Waals surface area contributed by atoms with Gasteiger partial charge in [-0.25, -0.2) is 0 Å². The van der Waals surface area contributed by atoms with Crippen molar-refractivity contribution in [3.63, 3.8) is 0 Å². The zero-order valence-electron chi connectivity index (χ0n) is 13.6. The molecule has 2 N–H and O–H groups in total. The summed E-state index contributed by atoms with van der Waals surface area (Å²) in [6.07, 6.45) is 1.01. The van der Waals surface area contributed by atoms with Crippen molar-refractivity contribution in [3.05, 3.63) is 29.8 Å². The van der Waals surface area contributed by atoms with E-state index in [-0.39, 0.29) is 12.6 Å². The van der Waals surface area contributed by atoms with Crippen LogP contribution in [0.15, 0.2) is 24.3 Å².